The third-order valence-corrected chi connectivity index (χ3v) is 2.55. The first-order valence-electron chi connectivity index (χ1n) is 4.92. The first-order chi connectivity index (χ1) is 7.68. The van der Waals surface area contributed by atoms with Gasteiger partial charge in [-0.05, 0) is 0 Å². The lowest BCUT2D eigenvalue weighted by Gasteiger charge is -2.21. The van der Waals surface area contributed by atoms with Crippen LogP contribution < -0.4 is 0 Å². The molecule has 1 aromatic carbocycles. The summed E-state index contributed by atoms with van der Waals surface area (Å²) >= 11 is 0. The van der Waals surface area contributed by atoms with Gasteiger partial charge in [0.25, 0.3) is 0 Å². The summed E-state index contributed by atoms with van der Waals surface area (Å²) in [5.74, 6) is 2.86. The van der Waals surface area contributed by atoms with E-state index in [9.17, 15) is 5.11 Å². The van der Waals surface area contributed by atoms with E-state index in [0.717, 1.165) is 0 Å². The van der Waals surface area contributed by atoms with E-state index < -0.39 is 5.60 Å². The van der Waals surface area contributed by atoms with E-state index in [-0.39, 0.29) is 0 Å². The zero-order valence-electron chi connectivity index (χ0n) is 8.96. The number of rotatable bonds is 2. The number of aliphatic hydroxyl groups is 1. The zero-order valence-corrected chi connectivity index (χ0v) is 8.96. The van der Waals surface area contributed by atoms with Crippen molar-refractivity contribution in [3.05, 3.63) is 54.1 Å². The van der Waals surface area contributed by atoms with Crippen LogP contribution in [0.5, 0.6) is 0 Å². The van der Waals surface area contributed by atoms with E-state index in [1.807, 2.05) is 18.2 Å². The van der Waals surface area contributed by atoms with E-state index in [1.165, 1.54) is 0 Å². The predicted molar refractivity (Wildman–Crippen MR) is 61.5 cm³/mol. The average molecular weight is 212 g/mol. The molecular formula is C13H12N2O. The van der Waals surface area contributed by atoms with Crippen LogP contribution in [0.15, 0.2) is 42.7 Å². The van der Waals surface area contributed by atoms with Gasteiger partial charge in [-0.2, -0.15) is 0 Å². The highest BCUT2D eigenvalue weighted by molar-refractivity contribution is 5.38. The van der Waals surface area contributed by atoms with E-state index in [4.69, 9.17) is 6.42 Å². The van der Waals surface area contributed by atoms with Crippen LogP contribution in [0.4, 0.5) is 0 Å². The number of imidazole rings is 1. The molecule has 0 amide bonds. The Kier molecular flexibility index (Phi) is 2.51. The minimum atomic E-state index is -1.47. The highest BCUT2D eigenvalue weighted by atomic mass is 16.3. The number of terminal acetylenes is 1. The summed E-state index contributed by atoms with van der Waals surface area (Å²) in [6, 6.07) is 9.11. The molecule has 0 spiro atoms. The van der Waals surface area contributed by atoms with Crippen LogP contribution in [0.1, 0.15) is 11.4 Å². The minimum absolute atomic E-state index is 0.446. The van der Waals surface area contributed by atoms with Crippen molar-refractivity contribution >= 4 is 0 Å². The smallest absolute Gasteiger partial charge is 0.209 e. The van der Waals surface area contributed by atoms with Crippen LogP contribution in [0.3, 0.4) is 0 Å². The Hall–Kier alpha value is -2.05. The standard InChI is InChI=1S/C13H12N2O/c1-3-13(16,11-7-5-4-6-8-11)12-14-9-10-15(12)2/h1,4-10,16H,2H3/t13-/m0/s1. The molecule has 0 unspecified atom stereocenters. The molecule has 0 aliphatic rings. The molecule has 1 N–H and O–H groups in total. The van der Waals surface area contributed by atoms with Gasteiger partial charge in [0, 0.05) is 25.0 Å². The molecule has 3 heteroatoms. The van der Waals surface area contributed by atoms with Crippen LogP contribution in [-0.4, -0.2) is 14.7 Å². The molecule has 0 aliphatic heterocycles. The Balaban J connectivity index is 2.59. The predicted octanol–water partition coefficient (Wildman–Crippen LogP) is 1.29. The summed E-state index contributed by atoms with van der Waals surface area (Å²) in [4.78, 5) is 4.11. The summed E-state index contributed by atoms with van der Waals surface area (Å²) in [5.41, 5.74) is -0.828. The fraction of sp³-hybridized carbons (Fsp3) is 0.154. The summed E-state index contributed by atoms with van der Waals surface area (Å²) in [7, 11) is 1.80. The lowest BCUT2D eigenvalue weighted by Crippen LogP contribution is -2.28. The van der Waals surface area contributed by atoms with Gasteiger partial charge in [-0.15, -0.1) is 6.42 Å². The molecule has 0 saturated carbocycles. The Morgan fingerprint density at radius 1 is 1.38 bits per heavy atom. The van der Waals surface area contributed by atoms with Crippen molar-refractivity contribution in [3.63, 3.8) is 0 Å². The van der Waals surface area contributed by atoms with E-state index in [0.29, 0.717) is 11.4 Å². The second kappa shape index (κ2) is 3.84. The second-order valence-corrected chi connectivity index (χ2v) is 3.58. The molecule has 1 aromatic heterocycles. The van der Waals surface area contributed by atoms with Gasteiger partial charge in [0.2, 0.25) is 5.60 Å². The maximum atomic E-state index is 10.5. The summed E-state index contributed by atoms with van der Waals surface area (Å²) in [6.07, 6.45) is 8.81. The molecule has 1 atom stereocenters. The Bertz CT molecular complexity index is 524. The van der Waals surface area contributed by atoms with Gasteiger partial charge in [0.1, 0.15) is 0 Å². The van der Waals surface area contributed by atoms with Crippen molar-refractivity contribution in [3.8, 4) is 12.3 Å². The lowest BCUT2D eigenvalue weighted by atomic mass is 9.94. The lowest BCUT2D eigenvalue weighted by molar-refractivity contribution is 0.132. The third-order valence-electron chi connectivity index (χ3n) is 2.55. The number of aromatic nitrogens is 2. The molecule has 1 heterocycles. The molecule has 0 fully saturated rings. The molecule has 0 bridgehead atoms. The fourth-order valence-corrected chi connectivity index (χ4v) is 1.67. The van der Waals surface area contributed by atoms with Gasteiger partial charge >= 0.3 is 0 Å². The summed E-state index contributed by atoms with van der Waals surface area (Å²) < 4.78 is 1.72. The molecular weight excluding hydrogens is 200 g/mol. The molecule has 80 valence electrons. The Labute approximate surface area is 94.4 Å². The van der Waals surface area contributed by atoms with Crippen LogP contribution in [0.2, 0.25) is 0 Å². The number of hydrogen-bond acceptors (Lipinski definition) is 2. The molecule has 2 aromatic rings. The molecule has 2 rings (SSSR count). The van der Waals surface area contributed by atoms with Crippen molar-refractivity contribution in [2.24, 2.45) is 7.05 Å². The highest BCUT2D eigenvalue weighted by Crippen LogP contribution is 2.26. The number of nitrogens with zero attached hydrogens (tertiary/aromatic N) is 2. The Morgan fingerprint density at radius 2 is 2.06 bits per heavy atom. The molecule has 16 heavy (non-hydrogen) atoms. The largest absolute Gasteiger partial charge is 0.367 e. The van der Waals surface area contributed by atoms with E-state index in [1.54, 1.807) is 36.1 Å². The van der Waals surface area contributed by atoms with Crippen LogP contribution in [0.25, 0.3) is 0 Å². The van der Waals surface area contributed by atoms with E-state index >= 15 is 0 Å². The molecule has 0 radical (unpaired) electrons. The van der Waals surface area contributed by atoms with Gasteiger partial charge < -0.3 is 9.67 Å². The van der Waals surface area contributed by atoms with Gasteiger partial charge in [0.15, 0.2) is 5.82 Å². The maximum absolute atomic E-state index is 10.5. The van der Waals surface area contributed by atoms with Crippen molar-refractivity contribution in [2.75, 3.05) is 0 Å². The minimum Gasteiger partial charge on any atom is -0.367 e. The monoisotopic (exact) mass is 212 g/mol. The van der Waals surface area contributed by atoms with Crippen LogP contribution in [0, 0.1) is 12.3 Å². The quantitative estimate of drug-likeness (QED) is 0.762. The first kappa shape index (κ1) is 10.5. The molecule has 3 nitrogen and oxygen atoms in total. The zero-order chi connectivity index (χ0) is 11.6. The summed E-state index contributed by atoms with van der Waals surface area (Å²) in [6.45, 7) is 0. The number of benzene rings is 1. The van der Waals surface area contributed by atoms with Crippen molar-refractivity contribution < 1.29 is 5.11 Å². The van der Waals surface area contributed by atoms with Crippen LogP contribution in [-0.2, 0) is 12.6 Å². The topological polar surface area (TPSA) is 38.1 Å². The first-order valence-corrected chi connectivity index (χ1v) is 4.92. The normalized spacial score (nSPS) is 14.1. The van der Waals surface area contributed by atoms with Crippen molar-refractivity contribution in [1.29, 1.82) is 0 Å². The average Bonchev–Trinajstić information content (AvgIpc) is 2.76. The van der Waals surface area contributed by atoms with Crippen molar-refractivity contribution in [2.45, 2.75) is 5.60 Å². The van der Waals surface area contributed by atoms with E-state index in [2.05, 4.69) is 10.9 Å². The fourth-order valence-electron chi connectivity index (χ4n) is 1.67. The third kappa shape index (κ3) is 1.50. The molecule has 0 aliphatic carbocycles. The van der Waals surface area contributed by atoms with Gasteiger partial charge in [0.05, 0.1) is 0 Å². The SMILES string of the molecule is C#C[C@](O)(c1ccccc1)c1nccn1C. The maximum Gasteiger partial charge on any atom is 0.209 e. The van der Waals surface area contributed by atoms with Crippen molar-refractivity contribution in [1.82, 2.24) is 9.55 Å². The van der Waals surface area contributed by atoms with Crippen LogP contribution >= 0.6 is 0 Å². The number of hydrogen-bond donors (Lipinski definition) is 1. The van der Waals surface area contributed by atoms with Gasteiger partial charge in [-0.1, -0.05) is 36.3 Å². The van der Waals surface area contributed by atoms with Gasteiger partial charge in [-0.3, -0.25) is 0 Å². The summed E-state index contributed by atoms with van der Waals surface area (Å²) in [5, 5.41) is 10.5. The highest BCUT2D eigenvalue weighted by Gasteiger charge is 2.32. The second-order valence-electron chi connectivity index (χ2n) is 3.58. The Morgan fingerprint density at radius 3 is 2.56 bits per heavy atom. The van der Waals surface area contributed by atoms with Gasteiger partial charge in [-0.25, -0.2) is 4.98 Å². The number of aryl methyl sites for hydroxylation is 1. The molecule has 0 saturated heterocycles.